The van der Waals surface area contributed by atoms with Crippen LogP contribution in [0.25, 0.3) is 0 Å². The Balaban J connectivity index is 1.92. The Kier molecular flexibility index (Phi) is 6.16. The highest BCUT2D eigenvalue weighted by molar-refractivity contribution is 8.00. The van der Waals surface area contributed by atoms with Crippen LogP contribution in [-0.4, -0.2) is 20.6 Å². The fourth-order valence-corrected chi connectivity index (χ4v) is 4.26. The van der Waals surface area contributed by atoms with E-state index in [0.29, 0.717) is 0 Å². The fraction of sp³-hybridized carbons (Fsp3) is 0.0952. The highest BCUT2D eigenvalue weighted by Gasteiger charge is 2.23. The summed E-state index contributed by atoms with van der Waals surface area (Å²) in [5, 5.41) is 1.91. The van der Waals surface area contributed by atoms with Crippen LogP contribution in [0.15, 0.2) is 88.7 Å². The van der Waals surface area contributed by atoms with Crippen molar-refractivity contribution in [1.82, 2.24) is 0 Å². The summed E-state index contributed by atoms with van der Waals surface area (Å²) in [6.07, 6.45) is 1.03. The summed E-state index contributed by atoms with van der Waals surface area (Å²) < 4.78 is 37.7. The lowest BCUT2D eigenvalue weighted by molar-refractivity contribution is -0.115. The number of benzene rings is 3. The number of carbonyl (C=O) groups is 1. The van der Waals surface area contributed by atoms with Gasteiger partial charge in [-0.2, -0.15) is 0 Å². The number of nitrogens with one attached hydrogen (secondary N) is 1. The van der Waals surface area contributed by atoms with Crippen molar-refractivity contribution in [3.63, 3.8) is 0 Å². The van der Waals surface area contributed by atoms with Crippen molar-refractivity contribution in [3.05, 3.63) is 90.2 Å². The number of halogens is 1. The molecule has 0 fully saturated rings. The molecule has 0 aliphatic heterocycles. The molecular weight excluding hydrogens is 397 g/mol. The molecule has 0 aliphatic carbocycles. The molecule has 0 spiro atoms. The molecule has 1 amide bonds. The summed E-state index contributed by atoms with van der Waals surface area (Å²) in [6, 6.07) is 21.9. The molecule has 1 atom stereocenters. The first-order chi connectivity index (χ1) is 13.3. The molecular formula is C21H18FNO3S2. The van der Waals surface area contributed by atoms with Crippen LogP contribution in [0.4, 0.5) is 10.1 Å². The monoisotopic (exact) mass is 415 g/mol. The zero-order valence-electron chi connectivity index (χ0n) is 15.0. The van der Waals surface area contributed by atoms with E-state index >= 15 is 0 Å². The van der Waals surface area contributed by atoms with Crippen LogP contribution in [0.2, 0.25) is 0 Å². The van der Waals surface area contributed by atoms with Crippen LogP contribution in [0.3, 0.4) is 0 Å². The average molecular weight is 416 g/mol. The Morgan fingerprint density at radius 1 is 0.964 bits per heavy atom. The molecule has 0 unspecified atom stereocenters. The van der Waals surface area contributed by atoms with Crippen molar-refractivity contribution < 1.29 is 17.6 Å². The maximum atomic E-state index is 14.2. The maximum absolute atomic E-state index is 14.2. The summed E-state index contributed by atoms with van der Waals surface area (Å²) in [4.78, 5) is 13.8. The second kappa shape index (κ2) is 8.58. The van der Waals surface area contributed by atoms with E-state index in [1.54, 1.807) is 0 Å². The number of carbonyl (C=O) groups excluding carboxylic acids is 1. The van der Waals surface area contributed by atoms with Crippen LogP contribution in [-0.2, 0) is 14.6 Å². The van der Waals surface area contributed by atoms with Gasteiger partial charge in [-0.25, -0.2) is 12.8 Å². The Morgan fingerprint density at radius 2 is 1.57 bits per heavy atom. The summed E-state index contributed by atoms with van der Waals surface area (Å²) in [5.74, 6) is -1.14. The van der Waals surface area contributed by atoms with Crippen LogP contribution in [0.1, 0.15) is 10.8 Å². The van der Waals surface area contributed by atoms with Gasteiger partial charge in [-0.15, -0.1) is 11.8 Å². The Labute approximate surface area is 167 Å². The SMILES string of the molecule is CS(=O)(=O)c1ccc(F)c(NC(=O)[C@@H](Sc2ccccc2)c2ccccc2)c1. The zero-order valence-corrected chi connectivity index (χ0v) is 16.6. The normalized spacial score (nSPS) is 12.4. The van der Waals surface area contributed by atoms with E-state index in [4.69, 9.17) is 0 Å². The van der Waals surface area contributed by atoms with Gasteiger partial charge in [0.05, 0.1) is 10.6 Å². The van der Waals surface area contributed by atoms with Gasteiger partial charge in [0.2, 0.25) is 5.91 Å². The van der Waals surface area contributed by atoms with Gasteiger partial charge in [0.1, 0.15) is 11.1 Å². The molecule has 28 heavy (non-hydrogen) atoms. The molecule has 0 heterocycles. The van der Waals surface area contributed by atoms with E-state index < -0.39 is 26.8 Å². The van der Waals surface area contributed by atoms with Crippen molar-refractivity contribution in [1.29, 1.82) is 0 Å². The molecule has 144 valence electrons. The highest BCUT2D eigenvalue weighted by Crippen LogP contribution is 2.36. The van der Waals surface area contributed by atoms with Gasteiger partial charge in [0, 0.05) is 11.2 Å². The molecule has 4 nitrogen and oxygen atoms in total. The summed E-state index contributed by atoms with van der Waals surface area (Å²) in [5.41, 5.74) is 0.594. The second-order valence-corrected chi connectivity index (χ2v) is 9.32. The lowest BCUT2D eigenvalue weighted by atomic mass is 10.1. The first-order valence-corrected chi connectivity index (χ1v) is 11.2. The smallest absolute Gasteiger partial charge is 0.242 e. The lowest BCUT2D eigenvalue weighted by Crippen LogP contribution is -2.20. The molecule has 0 aliphatic rings. The van der Waals surface area contributed by atoms with Crippen molar-refractivity contribution in [2.45, 2.75) is 15.0 Å². The van der Waals surface area contributed by atoms with Gasteiger partial charge in [-0.3, -0.25) is 4.79 Å². The van der Waals surface area contributed by atoms with Gasteiger partial charge >= 0.3 is 0 Å². The topological polar surface area (TPSA) is 63.2 Å². The number of amides is 1. The minimum atomic E-state index is -3.52. The summed E-state index contributed by atoms with van der Waals surface area (Å²) in [7, 11) is -3.52. The van der Waals surface area contributed by atoms with Crippen LogP contribution in [0.5, 0.6) is 0 Å². The number of sulfone groups is 1. The maximum Gasteiger partial charge on any atom is 0.242 e. The molecule has 3 rings (SSSR count). The third kappa shape index (κ3) is 4.99. The molecule has 3 aromatic rings. The average Bonchev–Trinajstić information content (AvgIpc) is 2.68. The first kappa shape index (κ1) is 20.1. The van der Waals surface area contributed by atoms with Crippen LogP contribution < -0.4 is 5.32 Å². The molecule has 3 aromatic carbocycles. The summed E-state index contributed by atoms with van der Waals surface area (Å²) in [6.45, 7) is 0. The zero-order chi connectivity index (χ0) is 20.1. The Morgan fingerprint density at radius 3 is 2.18 bits per heavy atom. The van der Waals surface area contributed by atoms with Gasteiger partial charge < -0.3 is 5.32 Å². The third-order valence-electron chi connectivity index (χ3n) is 3.96. The largest absolute Gasteiger partial charge is 0.322 e. The van der Waals surface area contributed by atoms with Gasteiger partial charge in [0.15, 0.2) is 9.84 Å². The number of rotatable bonds is 6. The molecule has 7 heteroatoms. The van der Waals surface area contributed by atoms with Crippen LogP contribution >= 0.6 is 11.8 Å². The molecule has 0 bridgehead atoms. The Hall–Kier alpha value is -2.64. The van der Waals surface area contributed by atoms with Crippen molar-refractivity contribution in [2.75, 3.05) is 11.6 Å². The number of hydrogen-bond donors (Lipinski definition) is 1. The van der Waals surface area contributed by atoms with Gasteiger partial charge in [-0.05, 0) is 35.9 Å². The predicted molar refractivity (Wildman–Crippen MR) is 110 cm³/mol. The number of anilines is 1. The molecule has 1 N–H and O–H groups in total. The minimum absolute atomic E-state index is 0.0591. The van der Waals surface area contributed by atoms with Gasteiger partial charge in [0.25, 0.3) is 0 Å². The van der Waals surface area contributed by atoms with E-state index in [-0.39, 0.29) is 10.6 Å². The van der Waals surface area contributed by atoms with Gasteiger partial charge in [-0.1, -0.05) is 48.5 Å². The fourth-order valence-electron chi connectivity index (χ4n) is 2.57. The standard InChI is InChI=1S/C21H18FNO3S2/c1-28(25,26)17-12-13-18(22)19(14-17)23-21(24)20(15-8-4-2-5-9-15)27-16-10-6-3-7-11-16/h2-14,20H,1H3,(H,23,24)/t20-/m0/s1. The molecule has 0 saturated carbocycles. The van der Waals surface area contributed by atoms with Crippen molar-refractivity contribution in [3.8, 4) is 0 Å². The Bertz CT molecular complexity index is 1070. The lowest BCUT2D eigenvalue weighted by Gasteiger charge is -2.17. The van der Waals surface area contributed by atoms with Crippen molar-refractivity contribution >= 4 is 33.2 Å². The van der Waals surface area contributed by atoms with E-state index in [1.807, 2.05) is 60.7 Å². The minimum Gasteiger partial charge on any atom is -0.322 e. The third-order valence-corrected chi connectivity index (χ3v) is 6.34. The molecule has 0 saturated heterocycles. The first-order valence-electron chi connectivity index (χ1n) is 8.42. The summed E-state index contributed by atoms with van der Waals surface area (Å²) >= 11 is 1.33. The highest BCUT2D eigenvalue weighted by atomic mass is 32.2. The number of thioether (sulfide) groups is 1. The van der Waals surface area contributed by atoms with E-state index in [1.165, 1.54) is 17.8 Å². The second-order valence-electron chi connectivity index (χ2n) is 6.12. The molecule has 0 aromatic heterocycles. The van der Waals surface area contributed by atoms with E-state index in [9.17, 15) is 17.6 Å². The van der Waals surface area contributed by atoms with E-state index in [2.05, 4.69) is 5.32 Å². The van der Waals surface area contributed by atoms with Crippen LogP contribution in [0, 0.1) is 5.82 Å². The van der Waals surface area contributed by atoms with E-state index in [0.717, 1.165) is 28.8 Å². The quantitative estimate of drug-likeness (QED) is 0.468. The van der Waals surface area contributed by atoms with Crippen molar-refractivity contribution in [2.24, 2.45) is 0 Å². The molecule has 0 radical (unpaired) electrons. The number of hydrogen-bond acceptors (Lipinski definition) is 4. The predicted octanol–water partition coefficient (Wildman–Crippen LogP) is 4.70.